The third-order valence-corrected chi connectivity index (χ3v) is 5.93. The summed E-state index contributed by atoms with van der Waals surface area (Å²) in [5.74, 6) is 0.521. The van der Waals surface area contributed by atoms with Crippen LogP contribution in [0.15, 0.2) is 66.7 Å². The topological polar surface area (TPSA) is 79.4 Å². The molecule has 0 radical (unpaired) electrons. The van der Waals surface area contributed by atoms with E-state index in [1.807, 2.05) is 41.1 Å². The number of rotatable bonds is 9. The van der Waals surface area contributed by atoms with Crippen LogP contribution in [0.2, 0.25) is 0 Å². The number of nitrogens with zero attached hydrogens (tertiary/aromatic N) is 2. The van der Waals surface area contributed by atoms with Gasteiger partial charge >= 0.3 is 5.97 Å². The van der Waals surface area contributed by atoms with Crippen molar-refractivity contribution in [2.24, 2.45) is 5.73 Å². The van der Waals surface area contributed by atoms with Crippen LogP contribution in [0.25, 0.3) is 22.0 Å². The van der Waals surface area contributed by atoms with Gasteiger partial charge in [0.25, 0.3) is 0 Å². The molecule has 1 heterocycles. The molecule has 0 aliphatic rings. The molecule has 1 aromatic heterocycles. The minimum Gasteiger partial charge on any atom is -0.487 e. The van der Waals surface area contributed by atoms with Crippen LogP contribution >= 0.6 is 0 Å². The Labute approximate surface area is 200 Å². The third-order valence-electron chi connectivity index (χ3n) is 5.93. The minimum absolute atomic E-state index is 0.218. The fourth-order valence-electron chi connectivity index (χ4n) is 4.10. The van der Waals surface area contributed by atoms with E-state index in [-0.39, 0.29) is 12.0 Å². The molecule has 0 atom stereocenters. The van der Waals surface area contributed by atoms with Crippen LogP contribution in [-0.4, -0.2) is 22.9 Å². The number of para-hydroxylation sites is 1. The molecule has 0 aliphatic heterocycles. The first-order valence-corrected chi connectivity index (χ1v) is 11.6. The van der Waals surface area contributed by atoms with Crippen molar-refractivity contribution in [3.63, 3.8) is 0 Å². The Morgan fingerprint density at radius 2 is 1.82 bits per heavy atom. The normalized spacial score (nSPS) is 11.2. The van der Waals surface area contributed by atoms with Gasteiger partial charge in [0.2, 0.25) is 0 Å². The highest BCUT2D eigenvalue weighted by Gasteiger charge is 2.15. The van der Waals surface area contributed by atoms with E-state index in [0.29, 0.717) is 26.0 Å². The Morgan fingerprint density at radius 1 is 1.03 bits per heavy atom. The summed E-state index contributed by atoms with van der Waals surface area (Å²) in [6, 6.07) is 22.7. The molecule has 0 spiro atoms. The van der Waals surface area contributed by atoms with Gasteiger partial charge < -0.3 is 15.2 Å². The third kappa shape index (κ3) is 5.13. The zero-order valence-corrected chi connectivity index (χ0v) is 20.0. The number of aromatic nitrogens is 2. The first-order valence-electron chi connectivity index (χ1n) is 11.6. The lowest BCUT2D eigenvalue weighted by atomic mass is 10.0. The number of esters is 1. The fourth-order valence-corrected chi connectivity index (χ4v) is 4.10. The van der Waals surface area contributed by atoms with E-state index in [1.165, 1.54) is 7.11 Å². The number of methoxy groups -OCH3 is 1. The molecular formula is C28H31N3O3. The number of nitrogens with two attached hydrogens (primary N) is 1. The largest absolute Gasteiger partial charge is 0.487 e. The average Bonchev–Trinajstić information content (AvgIpc) is 3.24. The molecule has 0 aliphatic carbocycles. The Hall–Kier alpha value is -3.64. The van der Waals surface area contributed by atoms with Crippen LogP contribution in [0.3, 0.4) is 0 Å². The Balaban J connectivity index is 1.65. The van der Waals surface area contributed by atoms with Crippen molar-refractivity contribution in [2.45, 2.75) is 45.9 Å². The fraction of sp³-hybridized carbons (Fsp3) is 0.286. The molecule has 0 unspecified atom stereocenters. The number of hydrogen-bond donors (Lipinski definition) is 1. The molecule has 34 heavy (non-hydrogen) atoms. The van der Waals surface area contributed by atoms with Gasteiger partial charge in [0.05, 0.1) is 12.6 Å². The van der Waals surface area contributed by atoms with Crippen molar-refractivity contribution >= 4 is 16.9 Å². The molecule has 3 aromatic carbocycles. The maximum Gasteiger partial charge on any atom is 0.305 e. The second kappa shape index (κ2) is 10.5. The highest BCUT2D eigenvalue weighted by atomic mass is 16.5. The van der Waals surface area contributed by atoms with E-state index in [2.05, 4.69) is 44.2 Å². The number of aryl methyl sites for hydroxylation is 1. The highest BCUT2D eigenvalue weighted by Crippen LogP contribution is 2.30. The van der Waals surface area contributed by atoms with Crippen LogP contribution in [0.4, 0.5) is 0 Å². The Kier molecular flexibility index (Phi) is 7.28. The van der Waals surface area contributed by atoms with Crippen molar-refractivity contribution in [2.75, 3.05) is 7.11 Å². The second-order valence-electron chi connectivity index (χ2n) is 8.59. The van der Waals surface area contributed by atoms with Crippen molar-refractivity contribution < 1.29 is 14.3 Å². The molecular weight excluding hydrogens is 426 g/mol. The molecule has 4 aromatic rings. The summed E-state index contributed by atoms with van der Waals surface area (Å²) < 4.78 is 13.0. The lowest BCUT2D eigenvalue weighted by molar-refractivity contribution is -0.140. The predicted molar refractivity (Wildman–Crippen MR) is 135 cm³/mol. The van der Waals surface area contributed by atoms with Crippen molar-refractivity contribution in [1.82, 2.24) is 9.78 Å². The first kappa shape index (κ1) is 23.5. The summed E-state index contributed by atoms with van der Waals surface area (Å²) >= 11 is 0. The summed E-state index contributed by atoms with van der Waals surface area (Å²) in [5, 5.41) is 5.95. The maximum absolute atomic E-state index is 11.6. The van der Waals surface area contributed by atoms with Gasteiger partial charge in [-0.25, -0.2) is 0 Å². The van der Waals surface area contributed by atoms with Crippen LogP contribution in [-0.2, 0) is 29.1 Å². The maximum atomic E-state index is 11.6. The first-order chi connectivity index (χ1) is 16.5. The van der Waals surface area contributed by atoms with Crippen molar-refractivity contribution in [3.05, 3.63) is 83.6 Å². The van der Waals surface area contributed by atoms with Crippen LogP contribution < -0.4 is 10.5 Å². The molecule has 0 saturated carbocycles. The van der Waals surface area contributed by atoms with Gasteiger partial charge in [0, 0.05) is 24.4 Å². The van der Waals surface area contributed by atoms with Crippen LogP contribution in [0, 0.1) is 0 Å². The Morgan fingerprint density at radius 3 is 2.59 bits per heavy atom. The summed E-state index contributed by atoms with van der Waals surface area (Å²) in [4.78, 5) is 11.6. The smallest absolute Gasteiger partial charge is 0.305 e. The summed E-state index contributed by atoms with van der Waals surface area (Å²) in [6.07, 6.45) is 0.874. The van der Waals surface area contributed by atoms with Crippen molar-refractivity contribution in [3.8, 4) is 16.9 Å². The van der Waals surface area contributed by atoms with Crippen molar-refractivity contribution in [1.29, 1.82) is 0 Å². The van der Waals surface area contributed by atoms with Gasteiger partial charge in [0.1, 0.15) is 18.1 Å². The standard InChI is InChI=1S/C28H31N3O3/c1-19(2)31-26-13-11-23(22-9-6-7-20(15-22)17-29)16-24(26)25(30-31)18-34-27-10-5-4-8-21(27)12-14-28(32)33-3/h4-11,13,15-16,19H,12,14,17-18,29H2,1-3H3. The van der Waals surface area contributed by atoms with E-state index in [0.717, 1.165) is 44.6 Å². The summed E-state index contributed by atoms with van der Waals surface area (Å²) in [7, 11) is 1.40. The average molecular weight is 458 g/mol. The van der Waals surface area contributed by atoms with E-state index in [4.69, 9.17) is 20.3 Å². The predicted octanol–water partition coefficient (Wildman–Crippen LogP) is 5.43. The number of carbonyl (C=O) groups excluding carboxylic acids is 1. The molecule has 4 rings (SSSR count). The van der Waals surface area contributed by atoms with Gasteiger partial charge in [-0.05, 0) is 66.8 Å². The SMILES string of the molecule is COC(=O)CCc1ccccc1OCc1nn(C(C)C)c2ccc(-c3cccc(CN)c3)cc12. The number of ether oxygens (including phenoxy) is 2. The summed E-state index contributed by atoms with van der Waals surface area (Å²) in [6.45, 7) is 5.09. The zero-order chi connectivity index (χ0) is 24.1. The van der Waals surface area contributed by atoms with E-state index in [1.54, 1.807) is 0 Å². The van der Waals surface area contributed by atoms with Crippen LogP contribution in [0.5, 0.6) is 5.75 Å². The monoisotopic (exact) mass is 457 g/mol. The quantitative estimate of drug-likeness (QED) is 0.339. The van der Waals surface area contributed by atoms with Crippen LogP contribution in [0.1, 0.15) is 43.1 Å². The van der Waals surface area contributed by atoms with Gasteiger partial charge in [-0.3, -0.25) is 9.48 Å². The van der Waals surface area contributed by atoms with Gasteiger partial charge in [-0.2, -0.15) is 5.10 Å². The molecule has 6 heteroatoms. The molecule has 2 N–H and O–H groups in total. The lowest BCUT2D eigenvalue weighted by Gasteiger charge is -2.10. The molecule has 6 nitrogen and oxygen atoms in total. The Bertz CT molecular complexity index is 1290. The number of hydrogen-bond acceptors (Lipinski definition) is 5. The molecule has 0 amide bonds. The molecule has 0 fully saturated rings. The molecule has 176 valence electrons. The highest BCUT2D eigenvalue weighted by molar-refractivity contribution is 5.87. The zero-order valence-electron chi connectivity index (χ0n) is 20.0. The van der Waals surface area contributed by atoms with Gasteiger partial charge in [0.15, 0.2) is 0 Å². The number of carbonyl (C=O) groups is 1. The molecule has 0 saturated heterocycles. The number of fused-ring (bicyclic) bond motifs is 1. The summed E-state index contributed by atoms with van der Waals surface area (Å²) in [5.41, 5.74) is 12.1. The second-order valence-corrected chi connectivity index (χ2v) is 8.59. The number of benzene rings is 3. The lowest BCUT2D eigenvalue weighted by Crippen LogP contribution is -2.05. The minimum atomic E-state index is -0.234. The van der Waals surface area contributed by atoms with Gasteiger partial charge in [-0.1, -0.05) is 42.5 Å². The molecule has 0 bridgehead atoms. The van der Waals surface area contributed by atoms with E-state index >= 15 is 0 Å². The van der Waals surface area contributed by atoms with E-state index < -0.39 is 0 Å². The van der Waals surface area contributed by atoms with E-state index in [9.17, 15) is 4.79 Å². The van der Waals surface area contributed by atoms with Gasteiger partial charge in [-0.15, -0.1) is 0 Å².